The lowest BCUT2D eigenvalue weighted by atomic mass is 10.2. The van der Waals surface area contributed by atoms with Gasteiger partial charge in [0, 0.05) is 29.9 Å². The lowest BCUT2D eigenvalue weighted by Gasteiger charge is -2.28. The molecule has 1 aromatic rings. The second kappa shape index (κ2) is 7.71. The number of ether oxygens (including phenoxy) is 2. The molecule has 0 N–H and O–H groups in total. The van der Waals surface area contributed by atoms with Crippen molar-refractivity contribution in [3.05, 3.63) is 18.2 Å². The Morgan fingerprint density at radius 2 is 1.63 bits per heavy atom. The van der Waals surface area contributed by atoms with Crippen LogP contribution in [0.3, 0.4) is 0 Å². The molecule has 0 amide bonds. The molecule has 5 heteroatoms. The van der Waals surface area contributed by atoms with Crippen molar-refractivity contribution >= 4 is 28.9 Å². The molecule has 2 atom stereocenters. The van der Waals surface area contributed by atoms with E-state index in [-0.39, 0.29) is 10.8 Å². The normalized spacial score (nSPS) is 13.8. The molecule has 0 radical (unpaired) electrons. The Hall–Kier alpha value is -0.800. The molecule has 0 aliphatic rings. The molecular weight excluding hydrogens is 285 g/mol. The van der Waals surface area contributed by atoms with E-state index < -0.39 is 0 Å². The minimum absolute atomic E-state index is 0.0197. The fourth-order valence-electron chi connectivity index (χ4n) is 1.92. The maximum absolute atomic E-state index is 6.12. The molecule has 0 aromatic heterocycles. The summed E-state index contributed by atoms with van der Waals surface area (Å²) in [6.07, 6.45) is 0. The Morgan fingerprint density at radius 3 is 2.05 bits per heavy atom. The first-order valence-electron chi connectivity index (χ1n) is 6.23. The predicted octanol–water partition coefficient (Wildman–Crippen LogP) is 3.76. The van der Waals surface area contributed by atoms with Gasteiger partial charge in [-0.15, -0.1) is 23.2 Å². The van der Waals surface area contributed by atoms with Crippen LogP contribution in [0.2, 0.25) is 0 Å². The van der Waals surface area contributed by atoms with Gasteiger partial charge in [0.25, 0.3) is 0 Å². The molecule has 0 aliphatic heterocycles. The molecule has 1 rings (SSSR count). The van der Waals surface area contributed by atoms with Gasteiger partial charge in [0.15, 0.2) is 0 Å². The van der Waals surface area contributed by atoms with Crippen molar-refractivity contribution in [2.45, 2.75) is 24.6 Å². The van der Waals surface area contributed by atoms with Crippen LogP contribution in [0.4, 0.5) is 5.69 Å². The SMILES string of the molecule is COc1ccc(OC)c(N(C[C@H](C)Cl)C[C@@H](C)Cl)c1. The van der Waals surface area contributed by atoms with Gasteiger partial charge in [0.2, 0.25) is 0 Å². The van der Waals surface area contributed by atoms with Crippen molar-refractivity contribution in [3.8, 4) is 11.5 Å². The third-order valence-corrected chi connectivity index (χ3v) is 2.95. The molecule has 0 bridgehead atoms. The van der Waals surface area contributed by atoms with Crippen molar-refractivity contribution in [1.29, 1.82) is 0 Å². The molecule has 19 heavy (non-hydrogen) atoms. The standard InChI is InChI=1S/C14H21Cl2NO2/c1-10(15)8-17(9-11(2)16)13-7-12(18-3)5-6-14(13)19-4/h5-7,10-11H,8-9H2,1-4H3/t10-,11+. The van der Waals surface area contributed by atoms with Crippen LogP contribution >= 0.6 is 23.2 Å². The summed E-state index contributed by atoms with van der Waals surface area (Å²) in [5, 5.41) is 0.0395. The molecule has 3 nitrogen and oxygen atoms in total. The molecule has 0 aliphatic carbocycles. The van der Waals surface area contributed by atoms with E-state index in [0.717, 1.165) is 17.2 Å². The van der Waals surface area contributed by atoms with Crippen LogP contribution in [-0.4, -0.2) is 38.1 Å². The smallest absolute Gasteiger partial charge is 0.142 e. The topological polar surface area (TPSA) is 21.7 Å². The number of alkyl halides is 2. The molecule has 0 heterocycles. The van der Waals surface area contributed by atoms with Gasteiger partial charge in [-0.2, -0.15) is 0 Å². The fraction of sp³-hybridized carbons (Fsp3) is 0.571. The zero-order valence-electron chi connectivity index (χ0n) is 11.8. The van der Waals surface area contributed by atoms with Gasteiger partial charge < -0.3 is 14.4 Å². The summed E-state index contributed by atoms with van der Waals surface area (Å²) in [6.45, 7) is 5.31. The fourth-order valence-corrected chi connectivity index (χ4v) is 2.26. The first-order chi connectivity index (χ1) is 8.97. The van der Waals surface area contributed by atoms with Gasteiger partial charge in [-0.05, 0) is 26.0 Å². The number of halogens is 2. The lowest BCUT2D eigenvalue weighted by molar-refractivity contribution is 0.402. The largest absolute Gasteiger partial charge is 0.497 e. The third kappa shape index (κ3) is 5.00. The van der Waals surface area contributed by atoms with Crippen LogP contribution in [0.1, 0.15) is 13.8 Å². The van der Waals surface area contributed by atoms with E-state index >= 15 is 0 Å². The van der Waals surface area contributed by atoms with Gasteiger partial charge >= 0.3 is 0 Å². The number of hydrogen-bond donors (Lipinski definition) is 0. The van der Waals surface area contributed by atoms with Gasteiger partial charge in [-0.3, -0.25) is 0 Å². The van der Waals surface area contributed by atoms with Crippen molar-refractivity contribution < 1.29 is 9.47 Å². The Bertz CT molecular complexity index is 387. The van der Waals surface area contributed by atoms with Gasteiger partial charge in [0.1, 0.15) is 11.5 Å². The number of hydrogen-bond acceptors (Lipinski definition) is 3. The molecular formula is C14H21Cl2NO2. The summed E-state index contributed by atoms with van der Waals surface area (Å²) >= 11 is 12.2. The van der Waals surface area contributed by atoms with Gasteiger partial charge in [0.05, 0.1) is 19.9 Å². The van der Waals surface area contributed by atoms with E-state index in [0.29, 0.717) is 13.1 Å². The average molecular weight is 306 g/mol. The molecule has 0 saturated carbocycles. The zero-order valence-corrected chi connectivity index (χ0v) is 13.3. The first-order valence-corrected chi connectivity index (χ1v) is 7.10. The van der Waals surface area contributed by atoms with Crippen molar-refractivity contribution in [3.63, 3.8) is 0 Å². The predicted molar refractivity (Wildman–Crippen MR) is 82.4 cm³/mol. The summed E-state index contributed by atoms with van der Waals surface area (Å²) in [5.41, 5.74) is 0.946. The highest BCUT2D eigenvalue weighted by Gasteiger charge is 2.17. The van der Waals surface area contributed by atoms with E-state index in [2.05, 4.69) is 4.90 Å². The number of anilines is 1. The molecule has 0 spiro atoms. The maximum atomic E-state index is 6.12. The summed E-state index contributed by atoms with van der Waals surface area (Å²) in [4.78, 5) is 2.12. The Labute approximate surface area is 125 Å². The maximum Gasteiger partial charge on any atom is 0.142 e. The lowest BCUT2D eigenvalue weighted by Crippen LogP contribution is -2.33. The quantitative estimate of drug-likeness (QED) is 0.716. The highest BCUT2D eigenvalue weighted by Crippen LogP contribution is 2.33. The summed E-state index contributed by atoms with van der Waals surface area (Å²) in [7, 11) is 3.29. The third-order valence-electron chi connectivity index (χ3n) is 2.67. The summed E-state index contributed by atoms with van der Waals surface area (Å²) in [6, 6.07) is 5.70. The van der Waals surface area contributed by atoms with Crippen LogP contribution in [0.15, 0.2) is 18.2 Å². The van der Waals surface area contributed by atoms with Crippen LogP contribution in [0, 0.1) is 0 Å². The zero-order chi connectivity index (χ0) is 14.4. The molecule has 0 unspecified atom stereocenters. The van der Waals surface area contributed by atoms with E-state index in [1.807, 2.05) is 32.0 Å². The number of methoxy groups -OCH3 is 2. The Morgan fingerprint density at radius 1 is 1.05 bits per heavy atom. The number of benzene rings is 1. The minimum atomic E-state index is 0.0197. The first kappa shape index (κ1) is 16.3. The second-order valence-corrected chi connectivity index (χ2v) is 5.99. The highest BCUT2D eigenvalue weighted by molar-refractivity contribution is 6.21. The Balaban J connectivity index is 3.10. The minimum Gasteiger partial charge on any atom is -0.497 e. The van der Waals surface area contributed by atoms with Gasteiger partial charge in [-0.1, -0.05) is 0 Å². The molecule has 0 saturated heterocycles. The Kier molecular flexibility index (Phi) is 6.59. The second-order valence-electron chi connectivity index (χ2n) is 4.50. The number of rotatable bonds is 7. The number of nitrogens with zero attached hydrogens (tertiary/aromatic N) is 1. The van der Waals surface area contributed by atoms with Crippen molar-refractivity contribution in [2.75, 3.05) is 32.2 Å². The van der Waals surface area contributed by atoms with Gasteiger partial charge in [-0.25, -0.2) is 0 Å². The monoisotopic (exact) mass is 305 g/mol. The van der Waals surface area contributed by atoms with Crippen molar-refractivity contribution in [2.24, 2.45) is 0 Å². The molecule has 0 fully saturated rings. The summed E-state index contributed by atoms with van der Waals surface area (Å²) in [5.74, 6) is 1.57. The van der Waals surface area contributed by atoms with Crippen LogP contribution in [0.5, 0.6) is 11.5 Å². The van der Waals surface area contributed by atoms with Crippen molar-refractivity contribution in [1.82, 2.24) is 0 Å². The van der Waals surface area contributed by atoms with Crippen LogP contribution in [0.25, 0.3) is 0 Å². The summed E-state index contributed by atoms with van der Waals surface area (Å²) < 4.78 is 10.7. The van der Waals surface area contributed by atoms with Crippen LogP contribution in [-0.2, 0) is 0 Å². The van der Waals surface area contributed by atoms with E-state index in [9.17, 15) is 0 Å². The molecule has 1 aromatic carbocycles. The van der Waals surface area contributed by atoms with Crippen LogP contribution < -0.4 is 14.4 Å². The van der Waals surface area contributed by atoms with E-state index in [4.69, 9.17) is 32.7 Å². The highest BCUT2D eigenvalue weighted by atomic mass is 35.5. The van der Waals surface area contributed by atoms with E-state index in [1.54, 1.807) is 14.2 Å². The van der Waals surface area contributed by atoms with E-state index in [1.165, 1.54) is 0 Å². The molecule has 108 valence electrons. The average Bonchev–Trinajstić information content (AvgIpc) is 2.36.